The van der Waals surface area contributed by atoms with E-state index in [4.69, 9.17) is 9.40 Å². The first-order chi connectivity index (χ1) is 13.0. The second-order valence-corrected chi connectivity index (χ2v) is 8.32. The number of benzene rings is 1. The summed E-state index contributed by atoms with van der Waals surface area (Å²) >= 11 is 3.49. The largest absolute Gasteiger partial charge is 0.441 e. The van der Waals surface area contributed by atoms with Crippen molar-refractivity contribution in [3.8, 4) is 11.5 Å². The molecule has 0 radical (unpaired) electrons. The van der Waals surface area contributed by atoms with Gasteiger partial charge in [-0.15, -0.1) is 0 Å². The normalized spacial score (nSPS) is 17.0. The number of nitrogens with one attached hydrogen (secondary N) is 1. The fourth-order valence-electron chi connectivity index (χ4n) is 3.35. The predicted octanol–water partition coefficient (Wildman–Crippen LogP) is 4.54. The first-order valence-electron chi connectivity index (χ1n) is 9.71. The van der Waals surface area contributed by atoms with Crippen LogP contribution in [0.1, 0.15) is 44.6 Å². The number of hydrogen-bond acceptors (Lipinski definition) is 4. The van der Waals surface area contributed by atoms with Crippen LogP contribution in [0.15, 0.2) is 33.2 Å². The molecule has 0 bridgehead atoms. The topological polar surface area (TPSA) is 58.4 Å². The molecule has 2 aromatic rings. The number of hydrogen-bond donors (Lipinski definition) is 1. The predicted molar refractivity (Wildman–Crippen MR) is 110 cm³/mol. The van der Waals surface area contributed by atoms with Crippen LogP contribution in [0.5, 0.6) is 0 Å². The molecule has 1 aliphatic rings. The number of nitrogens with zero attached hydrogens (tertiary/aromatic N) is 2. The van der Waals surface area contributed by atoms with Gasteiger partial charge in [-0.3, -0.25) is 9.69 Å². The van der Waals surface area contributed by atoms with Crippen LogP contribution in [0, 0.1) is 12.8 Å². The van der Waals surface area contributed by atoms with Crippen LogP contribution in [0.3, 0.4) is 0 Å². The highest BCUT2D eigenvalue weighted by Gasteiger charge is 2.26. The molecule has 5 nitrogen and oxygen atoms in total. The molecule has 2 heterocycles. The molecule has 0 aliphatic carbocycles. The summed E-state index contributed by atoms with van der Waals surface area (Å²) in [6.07, 6.45) is 2.77. The highest BCUT2D eigenvalue weighted by Crippen LogP contribution is 2.26. The summed E-state index contributed by atoms with van der Waals surface area (Å²) in [5.41, 5.74) is 1.95. The fraction of sp³-hybridized carbons (Fsp3) is 0.524. The van der Waals surface area contributed by atoms with E-state index < -0.39 is 0 Å². The number of oxazole rings is 1. The van der Waals surface area contributed by atoms with Gasteiger partial charge in [-0.2, -0.15) is 0 Å². The number of aromatic nitrogens is 1. The zero-order valence-electron chi connectivity index (χ0n) is 16.3. The molecule has 1 fully saturated rings. The molecule has 146 valence electrons. The van der Waals surface area contributed by atoms with Crippen molar-refractivity contribution in [2.45, 2.75) is 52.6 Å². The van der Waals surface area contributed by atoms with Gasteiger partial charge in [-0.1, -0.05) is 28.9 Å². The SMILES string of the molecule is CCC(C)NC(=O)C1CCN(Cc2nc(-c3cccc(Br)c3)oc2C)CC1. The highest BCUT2D eigenvalue weighted by atomic mass is 79.9. The third kappa shape index (κ3) is 5.20. The number of aryl methyl sites for hydroxylation is 1. The average molecular weight is 434 g/mol. The lowest BCUT2D eigenvalue weighted by molar-refractivity contribution is -0.127. The van der Waals surface area contributed by atoms with E-state index in [1.807, 2.05) is 31.2 Å². The molecule has 1 aliphatic heterocycles. The lowest BCUT2D eigenvalue weighted by atomic mass is 9.95. The summed E-state index contributed by atoms with van der Waals surface area (Å²) in [7, 11) is 0. The van der Waals surface area contributed by atoms with Gasteiger partial charge in [0.2, 0.25) is 11.8 Å². The van der Waals surface area contributed by atoms with E-state index in [0.29, 0.717) is 5.89 Å². The minimum Gasteiger partial charge on any atom is -0.441 e. The van der Waals surface area contributed by atoms with E-state index in [1.165, 1.54) is 0 Å². The van der Waals surface area contributed by atoms with Crippen molar-refractivity contribution in [2.75, 3.05) is 13.1 Å². The number of piperidine rings is 1. The Kier molecular flexibility index (Phi) is 6.71. The quantitative estimate of drug-likeness (QED) is 0.726. The molecular formula is C21H28BrN3O2. The summed E-state index contributed by atoms with van der Waals surface area (Å²) in [6.45, 7) is 8.72. The number of rotatable bonds is 6. The van der Waals surface area contributed by atoms with Gasteiger partial charge in [0.1, 0.15) is 5.76 Å². The van der Waals surface area contributed by atoms with Gasteiger partial charge in [0, 0.05) is 28.5 Å². The number of carbonyl (C=O) groups is 1. The summed E-state index contributed by atoms with van der Waals surface area (Å²) in [5, 5.41) is 3.11. The average Bonchev–Trinajstić information content (AvgIpc) is 3.02. The van der Waals surface area contributed by atoms with Crippen LogP contribution in [0.25, 0.3) is 11.5 Å². The summed E-state index contributed by atoms with van der Waals surface area (Å²) in [6, 6.07) is 8.23. The molecule has 1 amide bonds. The Morgan fingerprint density at radius 2 is 2.15 bits per heavy atom. The van der Waals surface area contributed by atoms with Crippen LogP contribution in [0.4, 0.5) is 0 Å². The van der Waals surface area contributed by atoms with Crippen molar-refractivity contribution in [3.05, 3.63) is 40.2 Å². The smallest absolute Gasteiger partial charge is 0.226 e. The molecule has 6 heteroatoms. The second kappa shape index (κ2) is 9.02. The van der Waals surface area contributed by atoms with Crippen LogP contribution in [-0.2, 0) is 11.3 Å². The fourth-order valence-corrected chi connectivity index (χ4v) is 3.75. The van der Waals surface area contributed by atoms with Crippen molar-refractivity contribution < 1.29 is 9.21 Å². The molecule has 1 saturated heterocycles. The van der Waals surface area contributed by atoms with Gasteiger partial charge in [-0.25, -0.2) is 4.98 Å². The van der Waals surface area contributed by atoms with E-state index in [-0.39, 0.29) is 17.9 Å². The maximum absolute atomic E-state index is 12.3. The van der Waals surface area contributed by atoms with Crippen molar-refractivity contribution in [3.63, 3.8) is 0 Å². The molecular weight excluding hydrogens is 406 g/mol. The number of carbonyl (C=O) groups excluding carboxylic acids is 1. The monoisotopic (exact) mass is 433 g/mol. The third-order valence-corrected chi connectivity index (χ3v) is 5.79. The molecule has 1 N–H and O–H groups in total. The number of halogens is 1. The molecule has 0 spiro atoms. The molecule has 1 aromatic heterocycles. The standard InChI is InChI=1S/C21H28BrN3O2/c1-4-14(2)23-20(26)16-8-10-25(11-9-16)13-19-15(3)27-21(24-19)17-6-5-7-18(22)12-17/h5-7,12,14,16H,4,8-11,13H2,1-3H3,(H,23,26). The van der Waals surface area contributed by atoms with Gasteiger partial charge < -0.3 is 9.73 Å². The van der Waals surface area contributed by atoms with Crippen LogP contribution in [-0.4, -0.2) is 34.9 Å². The molecule has 3 rings (SSSR count). The van der Waals surface area contributed by atoms with Crippen LogP contribution in [0.2, 0.25) is 0 Å². The van der Waals surface area contributed by atoms with Gasteiger partial charge in [0.25, 0.3) is 0 Å². The molecule has 1 unspecified atom stereocenters. The van der Waals surface area contributed by atoms with Gasteiger partial charge >= 0.3 is 0 Å². The minimum absolute atomic E-state index is 0.130. The molecule has 1 atom stereocenters. The lowest BCUT2D eigenvalue weighted by Gasteiger charge is -2.31. The Balaban J connectivity index is 1.57. The Hall–Kier alpha value is -1.66. The molecule has 0 saturated carbocycles. The van der Waals surface area contributed by atoms with Crippen molar-refractivity contribution >= 4 is 21.8 Å². The van der Waals surface area contributed by atoms with E-state index in [9.17, 15) is 4.79 Å². The van der Waals surface area contributed by atoms with E-state index >= 15 is 0 Å². The number of likely N-dealkylation sites (tertiary alicyclic amines) is 1. The van der Waals surface area contributed by atoms with Crippen molar-refractivity contribution in [2.24, 2.45) is 5.92 Å². The zero-order valence-corrected chi connectivity index (χ0v) is 17.9. The van der Waals surface area contributed by atoms with Crippen LogP contribution >= 0.6 is 15.9 Å². The van der Waals surface area contributed by atoms with E-state index in [1.54, 1.807) is 0 Å². The lowest BCUT2D eigenvalue weighted by Crippen LogP contribution is -2.42. The Labute approximate surface area is 169 Å². The third-order valence-electron chi connectivity index (χ3n) is 5.30. The van der Waals surface area contributed by atoms with Crippen LogP contribution < -0.4 is 5.32 Å². The first kappa shape index (κ1) is 20.1. The Morgan fingerprint density at radius 1 is 1.41 bits per heavy atom. The second-order valence-electron chi connectivity index (χ2n) is 7.40. The molecule has 1 aromatic carbocycles. The maximum atomic E-state index is 12.3. The summed E-state index contributed by atoms with van der Waals surface area (Å²) in [4.78, 5) is 19.4. The zero-order chi connectivity index (χ0) is 19.4. The summed E-state index contributed by atoms with van der Waals surface area (Å²) in [5.74, 6) is 1.86. The van der Waals surface area contributed by atoms with Gasteiger partial charge in [0.15, 0.2) is 0 Å². The summed E-state index contributed by atoms with van der Waals surface area (Å²) < 4.78 is 6.90. The van der Waals surface area contributed by atoms with Crippen molar-refractivity contribution in [1.82, 2.24) is 15.2 Å². The maximum Gasteiger partial charge on any atom is 0.226 e. The molecule has 27 heavy (non-hydrogen) atoms. The highest BCUT2D eigenvalue weighted by molar-refractivity contribution is 9.10. The Bertz CT molecular complexity index is 781. The number of amides is 1. The van der Waals surface area contributed by atoms with E-state index in [2.05, 4.69) is 40.0 Å². The van der Waals surface area contributed by atoms with Crippen molar-refractivity contribution in [1.29, 1.82) is 0 Å². The van der Waals surface area contributed by atoms with E-state index in [0.717, 1.165) is 60.4 Å². The minimum atomic E-state index is 0.130. The Morgan fingerprint density at radius 3 is 2.81 bits per heavy atom. The first-order valence-corrected chi connectivity index (χ1v) is 10.5. The van der Waals surface area contributed by atoms with Gasteiger partial charge in [0.05, 0.1) is 5.69 Å². The van der Waals surface area contributed by atoms with Gasteiger partial charge in [-0.05, 0) is 64.4 Å².